The summed E-state index contributed by atoms with van der Waals surface area (Å²) in [7, 11) is -2.91. The summed E-state index contributed by atoms with van der Waals surface area (Å²) in [5.41, 5.74) is 0.698. The van der Waals surface area contributed by atoms with Gasteiger partial charge in [-0.25, -0.2) is 8.42 Å². The fraction of sp³-hybridized carbons (Fsp3) is 0.500. The van der Waals surface area contributed by atoms with Crippen molar-refractivity contribution < 1.29 is 23.0 Å². The molecule has 0 atom stereocenters. The van der Waals surface area contributed by atoms with E-state index in [1.165, 1.54) is 12.3 Å². The van der Waals surface area contributed by atoms with E-state index in [1.807, 2.05) is 0 Å². The van der Waals surface area contributed by atoms with E-state index in [9.17, 15) is 13.5 Å². The maximum atomic E-state index is 10.9. The van der Waals surface area contributed by atoms with Crippen LogP contribution >= 0.6 is 0 Å². The number of nitrogens with one attached hydrogen (secondary N) is 1. The minimum atomic E-state index is -2.91. The highest BCUT2D eigenvalue weighted by molar-refractivity contribution is 7.90. The first kappa shape index (κ1) is 14.0. The number of ether oxygens (including phenoxy) is 2. The fourth-order valence-electron chi connectivity index (χ4n) is 1.80. The molecule has 0 aliphatic carbocycles. The molecule has 0 unspecified atom stereocenters. The predicted molar refractivity (Wildman–Crippen MR) is 70.3 cm³/mol. The molecule has 106 valence electrons. The Hall–Kier alpha value is -1.47. The molecule has 0 saturated carbocycles. The van der Waals surface area contributed by atoms with E-state index in [0.717, 1.165) is 0 Å². The average molecular weight is 287 g/mol. The molecular formula is C12H17NO5S. The van der Waals surface area contributed by atoms with Crippen molar-refractivity contribution in [3.05, 3.63) is 17.7 Å². The number of aromatic hydroxyl groups is 1. The number of rotatable bonds is 6. The SMILES string of the molecule is CS(=O)(=O)CCCNCc1cc2c(cc1O)OCO2. The lowest BCUT2D eigenvalue weighted by Crippen LogP contribution is -2.17. The highest BCUT2D eigenvalue weighted by Gasteiger charge is 2.16. The first-order valence-electron chi connectivity index (χ1n) is 5.95. The van der Waals surface area contributed by atoms with E-state index in [-0.39, 0.29) is 18.3 Å². The lowest BCUT2D eigenvalue weighted by atomic mass is 10.1. The molecule has 19 heavy (non-hydrogen) atoms. The van der Waals surface area contributed by atoms with Crippen molar-refractivity contribution in [2.45, 2.75) is 13.0 Å². The van der Waals surface area contributed by atoms with Gasteiger partial charge in [0.15, 0.2) is 11.5 Å². The molecule has 0 bridgehead atoms. The van der Waals surface area contributed by atoms with Gasteiger partial charge in [0.25, 0.3) is 0 Å². The number of hydrogen-bond donors (Lipinski definition) is 2. The zero-order valence-corrected chi connectivity index (χ0v) is 11.5. The van der Waals surface area contributed by atoms with Gasteiger partial charge in [0, 0.05) is 24.4 Å². The Balaban J connectivity index is 1.83. The second kappa shape index (κ2) is 5.66. The van der Waals surface area contributed by atoms with Crippen LogP contribution in [0.1, 0.15) is 12.0 Å². The average Bonchev–Trinajstić information content (AvgIpc) is 2.74. The van der Waals surface area contributed by atoms with Crippen molar-refractivity contribution in [2.24, 2.45) is 0 Å². The minimum Gasteiger partial charge on any atom is -0.507 e. The zero-order valence-electron chi connectivity index (χ0n) is 10.7. The molecule has 0 aromatic heterocycles. The molecule has 6 nitrogen and oxygen atoms in total. The zero-order chi connectivity index (χ0) is 13.9. The molecule has 2 N–H and O–H groups in total. The summed E-state index contributed by atoms with van der Waals surface area (Å²) in [5, 5.41) is 12.9. The molecule has 0 fully saturated rings. The molecule has 2 rings (SSSR count). The van der Waals surface area contributed by atoms with Gasteiger partial charge in [0.1, 0.15) is 15.6 Å². The first-order valence-corrected chi connectivity index (χ1v) is 8.02. The van der Waals surface area contributed by atoms with Gasteiger partial charge in [-0.2, -0.15) is 0 Å². The second-order valence-corrected chi connectivity index (χ2v) is 6.75. The third-order valence-electron chi connectivity index (χ3n) is 2.76. The van der Waals surface area contributed by atoms with Crippen LogP contribution in [0.4, 0.5) is 0 Å². The number of benzene rings is 1. The highest BCUT2D eigenvalue weighted by Crippen LogP contribution is 2.37. The van der Waals surface area contributed by atoms with Crippen molar-refractivity contribution >= 4 is 9.84 Å². The molecule has 1 aliphatic rings. The Morgan fingerprint density at radius 1 is 1.32 bits per heavy atom. The maximum Gasteiger partial charge on any atom is 0.231 e. The third-order valence-corrected chi connectivity index (χ3v) is 3.79. The normalized spacial score (nSPS) is 13.7. The van der Waals surface area contributed by atoms with E-state index in [1.54, 1.807) is 6.07 Å². The van der Waals surface area contributed by atoms with Gasteiger partial charge in [0.2, 0.25) is 6.79 Å². The molecule has 1 heterocycles. The van der Waals surface area contributed by atoms with Gasteiger partial charge in [-0.3, -0.25) is 0 Å². The molecular weight excluding hydrogens is 270 g/mol. The van der Waals surface area contributed by atoms with E-state index < -0.39 is 9.84 Å². The molecule has 0 amide bonds. The summed E-state index contributed by atoms with van der Waals surface area (Å²) in [4.78, 5) is 0. The summed E-state index contributed by atoms with van der Waals surface area (Å²) < 4.78 is 32.3. The number of sulfone groups is 1. The molecule has 7 heteroatoms. The summed E-state index contributed by atoms with van der Waals surface area (Å²) in [6, 6.07) is 3.25. The Bertz CT molecular complexity index is 555. The minimum absolute atomic E-state index is 0.139. The first-order chi connectivity index (χ1) is 8.96. The number of fused-ring (bicyclic) bond motifs is 1. The third kappa shape index (κ3) is 4.00. The predicted octanol–water partition coefficient (Wildman–Crippen LogP) is 0.645. The Labute approximate surface area is 112 Å². The van der Waals surface area contributed by atoms with Gasteiger partial charge in [-0.05, 0) is 19.0 Å². The number of hydrogen-bond acceptors (Lipinski definition) is 6. The van der Waals surface area contributed by atoms with Crippen molar-refractivity contribution in [1.29, 1.82) is 0 Å². The summed E-state index contributed by atoms with van der Waals surface area (Å²) in [6.07, 6.45) is 1.76. The Morgan fingerprint density at radius 3 is 2.68 bits per heavy atom. The fourth-order valence-corrected chi connectivity index (χ4v) is 2.47. The van der Waals surface area contributed by atoms with E-state index in [4.69, 9.17) is 9.47 Å². The standard InChI is InChI=1S/C12H17NO5S/c1-19(15,16)4-2-3-13-7-9-5-11-12(6-10(9)14)18-8-17-11/h5-6,13-14H,2-4,7-8H2,1H3. The maximum absolute atomic E-state index is 10.9. The van der Waals surface area contributed by atoms with Gasteiger partial charge in [-0.15, -0.1) is 0 Å². The quantitative estimate of drug-likeness (QED) is 0.747. The Morgan fingerprint density at radius 2 is 2.00 bits per heavy atom. The van der Waals surface area contributed by atoms with Crippen LogP contribution in [0, 0.1) is 0 Å². The van der Waals surface area contributed by atoms with Crippen LogP contribution in [-0.2, 0) is 16.4 Å². The van der Waals surface area contributed by atoms with Crippen LogP contribution in [0.2, 0.25) is 0 Å². The molecule has 1 aliphatic heterocycles. The second-order valence-electron chi connectivity index (χ2n) is 4.49. The van der Waals surface area contributed by atoms with Gasteiger partial charge >= 0.3 is 0 Å². The van der Waals surface area contributed by atoms with Gasteiger partial charge in [-0.1, -0.05) is 0 Å². The van der Waals surface area contributed by atoms with Crippen molar-refractivity contribution in [2.75, 3.05) is 25.3 Å². The molecule has 0 radical (unpaired) electrons. The molecule has 0 saturated heterocycles. The monoisotopic (exact) mass is 287 g/mol. The van der Waals surface area contributed by atoms with E-state index >= 15 is 0 Å². The lowest BCUT2D eigenvalue weighted by Gasteiger charge is -2.08. The van der Waals surface area contributed by atoms with Gasteiger partial charge < -0.3 is 19.9 Å². The Kier molecular flexibility index (Phi) is 4.16. The van der Waals surface area contributed by atoms with Crippen LogP contribution in [0.5, 0.6) is 17.2 Å². The summed E-state index contributed by atoms with van der Waals surface area (Å²) in [6.45, 7) is 1.19. The van der Waals surface area contributed by atoms with E-state index in [2.05, 4.69) is 5.32 Å². The number of phenols is 1. The molecule has 1 aromatic carbocycles. The van der Waals surface area contributed by atoms with Crippen LogP contribution in [0.25, 0.3) is 0 Å². The van der Waals surface area contributed by atoms with Crippen molar-refractivity contribution in [1.82, 2.24) is 5.32 Å². The topological polar surface area (TPSA) is 84.9 Å². The van der Waals surface area contributed by atoms with Crippen LogP contribution in [0.3, 0.4) is 0 Å². The summed E-state index contributed by atoms with van der Waals surface area (Å²) in [5.74, 6) is 1.46. The van der Waals surface area contributed by atoms with Crippen LogP contribution in [0.15, 0.2) is 12.1 Å². The highest BCUT2D eigenvalue weighted by atomic mass is 32.2. The smallest absolute Gasteiger partial charge is 0.231 e. The molecule has 1 aromatic rings. The van der Waals surface area contributed by atoms with Crippen molar-refractivity contribution in [3.63, 3.8) is 0 Å². The van der Waals surface area contributed by atoms with E-state index in [0.29, 0.717) is 36.6 Å². The summed E-state index contributed by atoms with van der Waals surface area (Å²) >= 11 is 0. The van der Waals surface area contributed by atoms with Crippen LogP contribution in [-0.4, -0.2) is 38.9 Å². The largest absolute Gasteiger partial charge is 0.507 e. The van der Waals surface area contributed by atoms with Gasteiger partial charge in [0.05, 0.1) is 5.75 Å². The number of phenolic OH excluding ortho intramolecular Hbond substituents is 1. The van der Waals surface area contributed by atoms with Crippen molar-refractivity contribution in [3.8, 4) is 17.2 Å². The molecule has 0 spiro atoms. The van der Waals surface area contributed by atoms with Crippen LogP contribution < -0.4 is 14.8 Å². The lowest BCUT2D eigenvalue weighted by molar-refractivity contribution is 0.174.